The molecule has 1 aromatic carbocycles. The van der Waals surface area contributed by atoms with Gasteiger partial charge in [0, 0.05) is 10.6 Å². The predicted molar refractivity (Wildman–Crippen MR) is 80.7 cm³/mol. The fourth-order valence-corrected chi connectivity index (χ4v) is 2.66. The molecule has 96 valence electrons. The standard InChI is InChI=1S/C15H20N2S/c1-14(2)13(16-15(3,4)17-14)10-12(18)11-8-6-5-7-9-11/h5-10,16-17H,1-4H3. The van der Waals surface area contributed by atoms with E-state index in [4.69, 9.17) is 12.2 Å². The van der Waals surface area contributed by atoms with Crippen molar-refractivity contribution >= 4 is 17.1 Å². The van der Waals surface area contributed by atoms with E-state index in [2.05, 4.69) is 44.4 Å². The van der Waals surface area contributed by atoms with Crippen molar-refractivity contribution in [2.24, 2.45) is 0 Å². The molecule has 2 nitrogen and oxygen atoms in total. The number of rotatable bonds is 2. The Kier molecular flexibility index (Phi) is 3.30. The fraction of sp³-hybridized carbons (Fsp3) is 0.400. The van der Waals surface area contributed by atoms with Crippen LogP contribution in [0.1, 0.15) is 33.3 Å². The molecule has 1 aliphatic rings. The second-order valence-electron chi connectivity index (χ2n) is 5.79. The summed E-state index contributed by atoms with van der Waals surface area (Å²) < 4.78 is 0. The lowest BCUT2D eigenvalue weighted by Crippen LogP contribution is -2.46. The van der Waals surface area contributed by atoms with Gasteiger partial charge < -0.3 is 5.32 Å². The minimum atomic E-state index is -0.0956. The van der Waals surface area contributed by atoms with Crippen LogP contribution < -0.4 is 10.6 Å². The van der Waals surface area contributed by atoms with Crippen LogP contribution in [0, 0.1) is 0 Å². The summed E-state index contributed by atoms with van der Waals surface area (Å²) >= 11 is 5.49. The maximum atomic E-state index is 5.49. The van der Waals surface area contributed by atoms with Crippen molar-refractivity contribution in [2.45, 2.75) is 38.9 Å². The number of allylic oxidation sites excluding steroid dienone is 1. The Morgan fingerprint density at radius 1 is 1.11 bits per heavy atom. The molecule has 1 aromatic rings. The topological polar surface area (TPSA) is 24.1 Å². The molecule has 0 saturated carbocycles. The summed E-state index contributed by atoms with van der Waals surface area (Å²) in [6.45, 7) is 8.57. The second-order valence-corrected chi connectivity index (χ2v) is 6.23. The van der Waals surface area contributed by atoms with Gasteiger partial charge in [-0.15, -0.1) is 0 Å². The van der Waals surface area contributed by atoms with Gasteiger partial charge >= 0.3 is 0 Å². The number of nitrogens with one attached hydrogen (secondary N) is 2. The minimum Gasteiger partial charge on any atom is -0.369 e. The molecule has 1 saturated heterocycles. The zero-order valence-electron chi connectivity index (χ0n) is 11.4. The molecule has 2 rings (SSSR count). The van der Waals surface area contributed by atoms with Gasteiger partial charge in [0.15, 0.2) is 0 Å². The first-order chi connectivity index (χ1) is 8.30. The van der Waals surface area contributed by atoms with Crippen molar-refractivity contribution in [3.63, 3.8) is 0 Å². The summed E-state index contributed by atoms with van der Waals surface area (Å²) in [5, 5.41) is 7.02. The van der Waals surface area contributed by atoms with E-state index in [1.165, 1.54) is 0 Å². The molecular formula is C15H20N2S. The van der Waals surface area contributed by atoms with Crippen LogP contribution in [0.5, 0.6) is 0 Å². The third-order valence-corrected chi connectivity index (χ3v) is 3.43. The Morgan fingerprint density at radius 3 is 2.22 bits per heavy atom. The molecule has 1 aliphatic heterocycles. The van der Waals surface area contributed by atoms with Crippen LogP contribution in [-0.4, -0.2) is 16.1 Å². The number of thiocarbonyl (C=S) groups is 1. The van der Waals surface area contributed by atoms with Crippen molar-refractivity contribution in [1.29, 1.82) is 0 Å². The largest absolute Gasteiger partial charge is 0.369 e. The van der Waals surface area contributed by atoms with E-state index in [1.807, 2.05) is 30.3 Å². The van der Waals surface area contributed by atoms with Crippen molar-refractivity contribution in [3.05, 3.63) is 47.7 Å². The van der Waals surface area contributed by atoms with E-state index in [1.54, 1.807) is 0 Å². The average molecular weight is 260 g/mol. The molecule has 0 aromatic heterocycles. The lowest BCUT2D eigenvalue weighted by atomic mass is 10.00. The van der Waals surface area contributed by atoms with E-state index >= 15 is 0 Å². The van der Waals surface area contributed by atoms with Gasteiger partial charge in [0.1, 0.15) is 0 Å². The number of hydrogen-bond donors (Lipinski definition) is 2. The van der Waals surface area contributed by atoms with Gasteiger partial charge in [0.25, 0.3) is 0 Å². The van der Waals surface area contributed by atoms with Crippen LogP contribution >= 0.6 is 12.2 Å². The van der Waals surface area contributed by atoms with Gasteiger partial charge in [-0.3, -0.25) is 5.32 Å². The molecule has 0 radical (unpaired) electrons. The lowest BCUT2D eigenvalue weighted by Gasteiger charge is -2.22. The maximum absolute atomic E-state index is 5.49. The Bertz CT molecular complexity index is 486. The lowest BCUT2D eigenvalue weighted by molar-refractivity contribution is 0.358. The molecule has 3 heteroatoms. The monoisotopic (exact) mass is 260 g/mol. The summed E-state index contributed by atoms with van der Waals surface area (Å²) in [7, 11) is 0. The highest BCUT2D eigenvalue weighted by atomic mass is 32.1. The van der Waals surface area contributed by atoms with E-state index < -0.39 is 0 Å². The molecule has 0 bridgehead atoms. The quantitative estimate of drug-likeness (QED) is 0.485. The van der Waals surface area contributed by atoms with Gasteiger partial charge in [-0.2, -0.15) is 0 Å². The summed E-state index contributed by atoms with van der Waals surface area (Å²) in [5.41, 5.74) is 2.05. The van der Waals surface area contributed by atoms with Gasteiger partial charge in [-0.1, -0.05) is 42.5 Å². The Balaban J connectivity index is 2.27. The molecule has 0 spiro atoms. The second kappa shape index (κ2) is 4.48. The maximum Gasteiger partial charge on any atom is 0.0829 e. The zero-order valence-corrected chi connectivity index (χ0v) is 12.2. The summed E-state index contributed by atoms with van der Waals surface area (Å²) in [4.78, 5) is 0.866. The zero-order chi connectivity index (χ0) is 13.4. The molecule has 0 unspecified atom stereocenters. The van der Waals surface area contributed by atoms with Crippen molar-refractivity contribution in [2.75, 3.05) is 0 Å². The van der Waals surface area contributed by atoms with Crippen LogP contribution in [0.3, 0.4) is 0 Å². The third-order valence-electron chi connectivity index (χ3n) is 3.08. The molecule has 1 heterocycles. The van der Waals surface area contributed by atoms with Crippen molar-refractivity contribution < 1.29 is 0 Å². The third kappa shape index (κ3) is 2.79. The van der Waals surface area contributed by atoms with Crippen molar-refractivity contribution in [3.8, 4) is 0 Å². The molecule has 0 aliphatic carbocycles. The molecule has 0 atom stereocenters. The van der Waals surface area contributed by atoms with Gasteiger partial charge in [0.2, 0.25) is 0 Å². The first kappa shape index (κ1) is 13.2. The SMILES string of the molecule is CC1(C)NC(=CC(=S)c2ccccc2)C(C)(C)N1. The minimum absolute atomic E-state index is 0.0810. The summed E-state index contributed by atoms with van der Waals surface area (Å²) in [6, 6.07) is 10.1. The first-order valence-electron chi connectivity index (χ1n) is 6.19. The van der Waals surface area contributed by atoms with Gasteiger partial charge in [-0.05, 0) is 39.3 Å². The normalized spacial score (nSPS) is 22.8. The van der Waals surface area contributed by atoms with Crippen LogP contribution in [0.2, 0.25) is 0 Å². The summed E-state index contributed by atoms with van der Waals surface area (Å²) in [5.74, 6) is 0. The molecule has 0 amide bonds. The van der Waals surface area contributed by atoms with Crippen LogP contribution in [0.4, 0.5) is 0 Å². The van der Waals surface area contributed by atoms with E-state index in [-0.39, 0.29) is 11.2 Å². The van der Waals surface area contributed by atoms with E-state index in [0.29, 0.717) is 0 Å². The average Bonchev–Trinajstić information content (AvgIpc) is 2.48. The van der Waals surface area contributed by atoms with Crippen LogP contribution in [0.15, 0.2) is 42.1 Å². The van der Waals surface area contributed by atoms with Crippen LogP contribution in [0.25, 0.3) is 0 Å². The number of benzene rings is 1. The molecule has 1 fully saturated rings. The fourth-order valence-electron chi connectivity index (χ4n) is 2.41. The van der Waals surface area contributed by atoms with Gasteiger partial charge in [0.05, 0.1) is 11.2 Å². The van der Waals surface area contributed by atoms with E-state index in [9.17, 15) is 0 Å². The molecule has 18 heavy (non-hydrogen) atoms. The molecule has 2 N–H and O–H groups in total. The van der Waals surface area contributed by atoms with E-state index in [0.717, 1.165) is 16.1 Å². The van der Waals surface area contributed by atoms with Gasteiger partial charge in [-0.25, -0.2) is 0 Å². The summed E-state index contributed by atoms with van der Waals surface area (Å²) in [6.07, 6.45) is 2.06. The highest BCUT2D eigenvalue weighted by Crippen LogP contribution is 2.26. The predicted octanol–water partition coefficient (Wildman–Crippen LogP) is 3.00. The Morgan fingerprint density at radius 2 is 1.72 bits per heavy atom. The smallest absolute Gasteiger partial charge is 0.0829 e. The first-order valence-corrected chi connectivity index (χ1v) is 6.60. The Labute approximate surface area is 114 Å². The highest BCUT2D eigenvalue weighted by Gasteiger charge is 2.39. The Hall–Kier alpha value is -1.19. The van der Waals surface area contributed by atoms with Crippen LogP contribution in [-0.2, 0) is 0 Å². The van der Waals surface area contributed by atoms with Crippen molar-refractivity contribution in [1.82, 2.24) is 10.6 Å². The number of hydrogen-bond acceptors (Lipinski definition) is 3. The highest BCUT2D eigenvalue weighted by molar-refractivity contribution is 7.81. The molecular weight excluding hydrogens is 240 g/mol.